The summed E-state index contributed by atoms with van der Waals surface area (Å²) < 4.78 is 10.8. The van der Waals surface area contributed by atoms with E-state index < -0.39 is 5.60 Å². The Hall–Kier alpha value is -0.810. The first kappa shape index (κ1) is 20.2. The second-order valence-electron chi connectivity index (χ2n) is 7.63. The summed E-state index contributed by atoms with van der Waals surface area (Å²) in [6.07, 6.45) is 6.98. The average Bonchev–Trinajstić information content (AvgIpc) is 2.70. The van der Waals surface area contributed by atoms with Crippen molar-refractivity contribution in [2.75, 3.05) is 26.8 Å². The summed E-state index contributed by atoms with van der Waals surface area (Å²) in [6, 6.07) is 0.599. The van der Waals surface area contributed by atoms with E-state index in [1.54, 1.807) is 7.11 Å². The fraction of sp³-hybridized carbons (Fsp3) is 0.944. The Morgan fingerprint density at radius 2 is 1.83 bits per heavy atom. The highest BCUT2D eigenvalue weighted by Crippen LogP contribution is 2.23. The Kier molecular flexibility index (Phi) is 8.92. The molecule has 0 aromatic rings. The summed E-state index contributed by atoms with van der Waals surface area (Å²) in [4.78, 5) is 14.6. The molecule has 1 fully saturated rings. The molecule has 5 heteroatoms. The highest BCUT2D eigenvalue weighted by molar-refractivity contribution is 5.68. The first-order valence-electron chi connectivity index (χ1n) is 9.05. The third kappa shape index (κ3) is 8.56. The molecule has 0 saturated heterocycles. The lowest BCUT2D eigenvalue weighted by molar-refractivity contribution is 0.0144. The fourth-order valence-electron chi connectivity index (χ4n) is 3.05. The lowest BCUT2D eigenvalue weighted by Crippen LogP contribution is -2.47. The van der Waals surface area contributed by atoms with E-state index in [9.17, 15) is 4.79 Å². The van der Waals surface area contributed by atoms with Crippen molar-refractivity contribution in [1.82, 2.24) is 10.2 Å². The van der Waals surface area contributed by atoms with Crippen molar-refractivity contribution in [3.05, 3.63) is 0 Å². The molecule has 0 spiro atoms. The minimum absolute atomic E-state index is 0.175. The third-order valence-corrected chi connectivity index (χ3v) is 4.16. The lowest BCUT2D eigenvalue weighted by Gasteiger charge is -2.33. The van der Waals surface area contributed by atoms with Gasteiger partial charge in [-0.1, -0.05) is 25.7 Å². The molecule has 0 aromatic heterocycles. The van der Waals surface area contributed by atoms with Gasteiger partial charge in [-0.3, -0.25) is 0 Å². The molecule has 1 unspecified atom stereocenters. The quantitative estimate of drug-likeness (QED) is 0.726. The molecule has 23 heavy (non-hydrogen) atoms. The number of hydrogen-bond acceptors (Lipinski definition) is 4. The molecule has 1 amide bonds. The van der Waals surface area contributed by atoms with E-state index >= 15 is 0 Å². The van der Waals surface area contributed by atoms with Crippen LogP contribution in [0.25, 0.3) is 0 Å². The van der Waals surface area contributed by atoms with Crippen LogP contribution in [0.1, 0.15) is 66.2 Å². The molecule has 0 heterocycles. The monoisotopic (exact) mass is 328 g/mol. The lowest BCUT2D eigenvalue weighted by atomic mass is 10.1. The van der Waals surface area contributed by atoms with Crippen LogP contribution in [0.5, 0.6) is 0 Å². The Morgan fingerprint density at radius 1 is 1.22 bits per heavy atom. The Labute approximate surface area is 142 Å². The van der Waals surface area contributed by atoms with Crippen LogP contribution in [0, 0.1) is 0 Å². The van der Waals surface area contributed by atoms with Gasteiger partial charge in [0, 0.05) is 32.3 Å². The topological polar surface area (TPSA) is 50.8 Å². The molecular formula is C18H36N2O3. The van der Waals surface area contributed by atoms with Crippen LogP contribution in [0.2, 0.25) is 0 Å². The molecule has 1 aliphatic rings. The van der Waals surface area contributed by atoms with Gasteiger partial charge in [0.1, 0.15) is 5.60 Å². The summed E-state index contributed by atoms with van der Waals surface area (Å²) in [5.41, 5.74) is -0.448. The summed E-state index contributed by atoms with van der Waals surface area (Å²) in [5.74, 6) is 0. The first-order valence-corrected chi connectivity index (χ1v) is 9.05. The van der Waals surface area contributed by atoms with E-state index in [1.165, 1.54) is 25.7 Å². The number of methoxy groups -OCH3 is 1. The average molecular weight is 328 g/mol. The van der Waals surface area contributed by atoms with Crippen molar-refractivity contribution < 1.29 is 14.3 Å². The van der Waals surface area contributed by atoms with E-state index in [1.807, 2.05) is 25.7 Å². The predicted molar refractivity (Wildman–Crippen MR) is 93.8 cm³/mol. The van der Waals surface area contributed by atoms with Gasteiger partial charge in [0.05, 0.1) is 6.61 Å². The summed E-state index contributed by atoms with van der Waals surface area (Å²) in [6.45, 7) is 10.00. The second-order valence-corrected chi connectivity index (χ2v) is 7.63. The molecule has 1 aliphatic carbocycles. The van der Waals surface area contributed by atoms with Gasteiger partial charge in [-0.05, 0) is 40.5 Å². The molecular weight excluding hydrogens is 292 g/mol. The van der Waals surface area contributed by atoms with Crippen LogP contribution >= 0.6 is 0 Å². The molecule has 0 aliphatic heterocycles. The number of rotatable bonds is 7. The van der Waals surface area contributed by atoms with E-state index in [-0.39, 0.29) is 12.1 Å². The van der Waals surface area contributed by atoms with Gasteiger partial charge in [0.2, 0.25) is 0 Å². The van der Waals surface area contributed by atoms with Crippen LogP contribution in [-0.4, -0.2) is 55.5 Å². The van der Waals surface area contributed by atoms with E-state index in [0.29, 0.717) is 19.2 Å². The SMILES string of the molecule is COCC(C)NCCN(C(=O)OC(C)(C)C)C1CCCCCC1. The molecule has 136 valence electrons. The third-order valence-electron chi connectivity index (χ3n) is 4.16. The van der Waals surface area contributed by atoms with Gasteiger partial charge < -0.3 is 19.7 Å². The van der Waals surface area contributed by atoms with Crippen molar-refractivity contribution in [1.29, 1.82) is 0 Å². The Morgan fingerprint density at radius 3 is 2.35 bits per heavy atom. The van der Waals surface area contributed by atoms with E-state index in [4.69, 9.17) is 9.47 Å². The van der Waals surface area contributed by atoms with Gasteiger partial charge >= 0.3 is 6.09 Å². The van der Waals surface area contributed by atoms with E-state index in [0.717, 1.165) is 19.4 Å². The highest BCUT2D eigenvalue weighted by atomic mass is 16.6. The number of amides is 1. The van der Waals surface area contributed by atoms with Crippen LogP contribution in [-0.2, 0) is 9.47 Å². The summed E-state index contributed by atoms with van der Waals surface area (Å²) >= 11 is 0. The minimum atomic E-state index is -0.448. The molecule has 1 atom stereocenters. The van der Waals surface area contributed by atoms with Crippen molar-refractivity contribution in [2.24, 2.45) is 0 Å². The minimum Gasteiger partial charge on any atom is -0.444 e. The van der Waals surface area contributed by atoms with Crippen LogP contribution in [0.4, 0.5) is 4.79 Å². The molecule has 0 bridgehead atoms. The Balaban J connectivity index is 2.61. The number of nitrogens with zero attached hydrogens (tertiary/aromatic N) is 1. The zero-order chi connectivity index (χ0) is 17.3. The van der Waals surface area contributed by atoms with Gasteiger partial charge in [-0.15, -0.1) is 0 Å². The molecule has 1 rings (SSSR count). The van der Waals surface area contributed by atoms with Gasteiger partial charge in [-0.25, -0.2) is 4.79 Å². The summed E-state index contributed by atoms with van der Waals surface area (Å²) in [7, 11) is 1.71. The smallest absolute Gasteiger partial charge is 0.410 e. The molecule has 0 radical (unpaired) electrons. The van der Waals surface area contributed by atoms with E-state index in [2.05, 4.69) is 12.2 Å². The molecule has 0 aromatic carbocycles. The van der Waals surface area contributed by atoms with Crippen molar-refractivity contribution in [3.63, 3.8) is 0 Å². The molecule has 1 N–H and O–H groups in total. The molecule has 1 saturated carbocycles. The van der Waals surface area contributed by atoms with Gasteiger partial charge in [0.25, 0.3) is 0 Å². The van der Waals surface area contributed by atoms with Crippen LogP contribution in [0.15, 0.2) is 0 Å². The number of hydrogen-bond donors (Lipinski definition) is 1. The zero-order valence-electron chi connectivity index (χ0n) is 15.7. The number of ether oxygens (including phenoxy) is 2. The maximum Gasteiger partial charge on any atom is 0.410 e. The molecule has 5 nitrogen and oxygen atoms in total. The zero-order valence-corrected chi connectivity index (χ0v) is 15.7. The number of carbonyl (C=O) groups excluding carboxylic acids is 1. The fourth-order valence-corrected chi connectivity index (χ4v) is 3.05. The van der Waals surface area contributed by atoms with Gasteiger partial charge in [0.15, 0.2) is 0 Å². The highest BCUT2D eigenvalue weighted by Gasteiger charge is 2.28. The summed E-state index contributed by atoms with van der Waals surface area (Å²) in [5, 5.41) is 3.41. The second kappa shape index (κ2) is 10.1. The van der Waals surface area contributed by atoms with Crippen LogP contribution < -0.4 is 5.32 Å². The first-order chi connectivity index (χ1) is 10.8. The van der Waals surface area contributed by atoms with Crippen molar-refractivity contribution in [2.45, 2.75) is 83.9 Å². The van der Waals surface area contributed by atoms with Gasteiger partial charge in [-0.2, -0.15) is 0 Å². The Bertz CT molecular complexity index is 334. The number of carbonyl (C=O) groups is 1. The maximum absolute atomic E-state index is 12.6. The van der Waals surface area contributed by atoms with Crippen molar-refractivity contribution >= 4 is 6.09 Å². The largest absolute Gasteiger partial charge is 0.444 e. The number of nitrogens with one attached hydrogen (secondary N) is 1. The normalized spacial score (nSPS) is 18.3. The predicted octanol–water partition coefficient (Wildman–Crippen LogP) is 3.57. The van der Waals surface area contributed by atoms with Crippen molar-refractivity contribution in [3.8, 4) is 0 Å². The van der Waals surface area contributed by atoms with Crippen LogP contribution in [0.3, 0.4) is 0 Å². The standard InChI is InChI=1S/C18H36N2O3/c1-15(14-22-5)19-12-13-20(17(21)23-18(2,3)4)16-10-8-6-7-9-11-16/h15-16,19H,6-14H2,1-5H3. The maximum atomic E-state index is 12.6.